The van der Waals surface area contributed by atoms with Gasteiger partial charge in [-0.15, -0.1) is 11.3 Å². The number of rotatable bonds is 3. The number of aryl methyl sites for hydroxylation is 3. The van der Waals surface area contributed by atoms with Crippen LogP contribution < -0.4 is 5.32 Å². The number of nitrogens with zero attached hydrogens (tertiary/aromatic N) is 2. The van der Waals surface area contributed by atoms with Gasteiger partial charge >= 0.3 is 0 Å². The predicted octanol–water partition coefficient (Wildman–Crippen LogP) is 2.54. The lowest BCUT2D eigenvalue weighted by atomic mass is 10.0. The monoisotopic (exact) mass is 290 g/mol. The molecule has 3 rings (SSSR count). The molecule has 0 fully saturated rings. The predicted molar refractivity (Wildman–Crippen MR) is 78.0 cm³/mol. The molecule has 2 aromatic rings. The third-order valence-electron chi connectivity index (χ3n) is 3.53. The first-order valence-corrected chi connectivity index (χ1v) is 7.76. The Kier molecular flexibility index (Phi) is 3.56. The van der Waals surface area contributed by atoms with Crippen molar-refractivity contribution in [3.05, 3.63) is 33.3 Å². The van der Waals surface area contributed by atoms with Gasteiger partial charge in [0, 0.05) is 4.88 Å². The highest BCUT2D eigenvalue weighted by atomic mass is 32.1. The van der Waals surface area contributed by atoms with E-state index in [9.17, 15) is 4.79 Å². The van der Waals surface area contributed by atoms with E-state index in [2.05, 4.69) is 20.3 Å². The lowest BCUT2D eigenvalue weighted by molar-refractivity contribution is 0.0935. The van der Waals surface area contributed by atoms with Crippen LogP contribution in [0.3, 0.4) is 0 Å². The third-order valence-corrected chi connectivity index (χ3v) is 4.87. The highest BCUT2D eigenvalue weighted by molar-refractivity contribution is 7.11. The quantitative estimate of drug-likeness (QED) is 0.912. The Bertz CT molecular complexity index is 607. The largest absolute Gasteiger partial charge is 0.342 e. The van der Waals surface area contributed by atoms with Gasteiger partial charge in [0.2, 0.25) is 0 Å². The van der Waals surface area contributed by atoms with Crippen molar-refractivity contribution in [1.29, 1.82) is 0 Å². The lowest BCUT2D eigenvalue weighted by Gasteiger charge is -2.09. The summed E-state index contributed by atoms with van der Waals surface area (Å²) < 4.78 is 0. The van der Waals surface area contributed by atoms with Crippen molar-refractivity contribution in [3.8, 4) is 0 Å². The molecule has 1 aliphatic carbocycles. The number of carbonyl (C=O) groups is 1. The zero-order valence-corrected chi connectivity index (χ0v) is 12.5. The van der Waals surface area contributed by atoms with Crippen molar-refractivity contribution in [2.75, 3.05) is 0 Å². The van der Waals surface area contributed by atoms with Gasteiger partial charge in [-0.25, -0.2) is 9.97 Å². The van der Waals surface area contributed by atoms with Crippen molar-refractivity contribution in [2.24, 2.45) is 0 Å². The van der Waals surface area contributed by atoms with Gasteiger partial charge in [-0.05, 0) is 39.5 Å². The smallest absolute Gasteiger partial charge is 0.269 e. The van der Waals surface area contributed by atoms with Crippen LogP contribution in [0.5, 0.6) is 0 Å². The number of H-pyrrole nitrogens is 1. The molecule has 6 heteroatoms. The van der Waals surface area contributed by atoms with Gasteiger partial charge < -0.3 is 10.3 Å². The molecule has 5 nitrogen and oxygen atoms in total. The highest BCUT2D eigenvalue weighted by Gasteiger charge is 2.20. The maximum Gasteiger partial charge on any atom is 0.269 e. The van der Waals surface area contributed by atoms with Crippen molar-refractivity contribution >= 4 is 17.2 Å². The lowest BCUT2D eigenvalue weighted by Crippen LogP contribution is -2.26. The number of carbonyl (C=O) groups excluding carboxylic acids is 1. The molecule has 0 bridgehead atoms. The zero-order valence-electron chi connectivity index (χ0n) is 11.7. The number of aromatic nitrogens is 3. The molecule has 20 heavy (non-hydrogen) atoms. The van der Waals surface area contributed by atoms with E-state index < -0.39 is 0 Å². The van der Waals surface area contributed by atoms with E-state index in [0.29, 0.717) is 5.69 Å². The van der Waals surface area contributed by atoms with Crippen molar-refractivity contribution < 1.29 is 4.79 Å². The number of amides is 1. The van der Waals surface area contributed by atoms with Crippen molar-refractivity contribution in [3.63, 3.8) is 0 Å². The molecule has 0 radical (unpaired) electrons. The van der Waals surface area contributed by atoms with Gasteiger partial charge in [0.05, 0.1) is 17.9 Å². The summed E-state index contributed by atoms with van der Waals surface area (Å²) in [5.74, 6) is 0.610. The van der Waals surface area contributed by atoms with Gasteiger partial charge in [0.15, 0.2) is 0 Å². The van der Waals surface area contributed by atoms with Crippen LogP contribution in [0, 0.1) is 6.92 Å². The second-order valence-electron chi connectivity index (χ2n) is 5.21. The average molecular weight is 290 g/mol. The van der Waals surface area contributed by atoms with Crippen molar-refractivity contribution in [2.45, 2.75) is 45.6 Å². The molecule has 0 spiro atoms. The van der Waals surface area contributed by atoms with E-state index in [1.54, 1.807) is 17.5 Å². The van der Waals surface area contributed by atoms with E-state index in [-0.39, 0.29) is 11.9 Å². The molecular formula is C14H18N4OS. The Labute approximate surface area is 121 Å². The van der Waals surface area contributed by atoms with E-state index in [0.717, 1.165) is 23.7 Å². The van der Waals surface area contributed by atoms with E-state index in [1.165, 1.54) is 23.4 Å². The SMILES string of the molecule is Cc1ncc(C(=O)N[C@H](C)c2nc3c(s2)CCCC3)[nH]1. The van der Waals surface area contributed by atoms with E-state index in [1.807, 2.05) is 13.8 Å². The molecule has 0 aromatic carbocycles. The first kappa shape index (κ1) is 13.3. The summed E-state index contributed by atoms with van der Waals surface area (Å²) in [4.78, 5) is 25.1. The Morgan fingerprint density at radius 2 is 2.25 bits per heavy atom. The molecular weight excluding hydrogens is 272 g/mol. The third kappa shape index (κ3) is 2.60. The Balaban J connectivity index is 1.71. The number of hydrogen-bond acceptors (Lipinski definition) is 4. The molecule has 2 N–H and O–H groups in total. The second-order valence-corrected chi connectivity index (χ2v) is 6.32. The molecule has 0 saturated carbocycles. The molecule has 1 atom stereocenters. The molecule has 0 aliphatic heterocycles. The fourth-order valence-electron chi connectivity index (χ4n) is 2.43. The van der Waals surface area contributed by atoms with Crippen LogP contribution in [0.1, 0.15) is 57.7 Å². The number of hydrogen-bond donors (Lipinski definition) is 2. The Morgan fingerprint density at radius 1 is 1.45 bits per heavy atom. The van der Waals surface area contributed by atoms with Gasteiger partial charge in [0.25, 0.3) is 5.91 Å². The first-order valence-electron chi connectivity index (χ1n) is 6.94. The van der Waals surface area contributed by atoms with E-state index >= 15 is 0 Å². The normalized spacial score (nSPS) is 15.7. The molecule has 1 amide bonds. The minimum absolute atomic E-state index is 0.0679. The maximum atomic E-state index is 12.1. The standard InChI is InChI=1S/C14H18N4OS/c1-8(16-13(19)11-7-15-9(2)17-11)14-18-10-5-3-4-6-12(10)20-14/h7-8H,3-6H2,1-2H3,(H,15,17)(H,16,19)/t8-/m1/s1. The Hall–Kier alpha value is -1.69. The fraction of sp³-hybridized carbons (Fsp3) is 0.500. The molecule has 2 aromatic heterocycles. The number of imidazole rings is 1. The van der Waals surface area contributed by atoms with Crippen LogP contribution in [0.2, 0.25) is 0 Å². The van der Waals surface area contributed by atoms with Crippen LogP contribution in [-0.2, 0) is 12.8 Å². The summed E-state index contributed by atoms with van der Waals surface area (Å²) in [6.07, 6.45) is 6.25. The summed E-state index contributed by atoms with van der Waals surface area (Å²) >= 11 is 1.73. The van der Waals surface area contributed by atoms with Crippen molar-refractivity contribution in [1.82, 2.24) is 20.3 Å². The number of thiazole rings is 1. The summed E-state index contributed by atoms with van der Waals surface area (Å²) in [5.41, 5.74) is 1.73. The van der Waals surface area contributed by atoms with Crippen LogP contribution in [0.4, 0.5) is 0 Å². The zero-order chi connectivity index (χ0) is 14.1. The van der Waals surface area contributed by atoms with E-state index in [4.69, 9.17) is 0 Å². The van der Waals surface area contributed by atoms with Crippen LogP contribution in [0.15, 0.2) is 6.20 Å². The number of nitrogens with one attached hydrogen (secondary N) is 2. The first-order chi connectivity index (χ1) is 9.63. The van der Waals surface area contributed by atoms with Gasteiger partial charge in [-0.1, -0.05) is 0 Å². The highest BCUT2D eigenvalue weighted by Crippen LogP contribution is 2.29. The van der Waals surface area contributed by atoms with Crippen LogP contribution in [-0.4, -0.2) is 20.9 Å². The number of fused-ring (bicyclic) bond motifs is 1. The maximum absolute atomic E-state index is 12.1. The minimum Gasteiger partial charge on any atom is -0.342 e. The average Bonchev–Trinajstić information content (AvgIpc) is 3.04. The van der Waals surface area contributed by atoms with Gasteiger partial charge in [-0.2, -0.15) is 0 Å². The molecule has 0 unspecified atom stereocenters. The minimum atomic E-state index is -0.133. The summed E-state index contributed by atoms with van der Waals surface area (Å²) in [7, 11) is 0. The summed E-state index contributed by atoms with van der Waals surface area (Å²) in [5, 5.41) is 3.97. The number of aromatic amines is 1. The molecule has 106 valence electrons. The molecule has 1 aliphatic rings. The van der Waals surface area contributed by atoms with Gasteiger partial charge in [-0.3, -0.25) is 4.79 Å². The van der Waals surface area contributed by atoms with Gasteiger partial charge in [0.1, 0.15) is 16.5 Å². The summed E-state index contributed by atoms with van der Waals surface area (Å²) in [6, 6.07) is -0.0679. The second kappa shape index (κ2) is 5.36. The topological polar surface area (TPSA) is 70.7 Å². The van der Waals surface area contributed by atoms with Crippen LogP contribution in [0.25, 0.3) is 0 Å². The Morgan fingerprint density at radius 3 is 2.95 bits per heavy atom. The summed E-state index contributed by atoms with van der Waals surface area (Å²) in [6.45, 7) is 3.81. The molecule has 2 heterocycles. The fourth-order valence-corrected chi connectivity index (χ4v) is 3.59. The van der Waals surface area contributed by atoms with Crippen LogP contribution >= 0.6 is 11.3 Å². The molecule has 0 saturated heterocycles.